The van der Waals surface area contributed by atoms with Crippen LogP contribution in [-0.4, -0.2) is 35.2 Å². The molecular formula is C17H26N4. The SMILES string of the molecule is CC(C)NCC1CCN(c2nc3ccccc3n2C)CC1. The molecule has 0 spiro atoms. The van der Waals surface area contributed by atoms with Crippen LogP contribution in [0.1, 0.15) is 26.7 Å². The summed E-state index contributed by atoms with van der Waals surface area (Å²) >= 11 is 0. The monoisotopic (exact) mass is 286 g/mol. The summed E-state index contributed by atoms with van der Waals surface area (Å²) in [7, 11) is 2.12. The second kappa shape index (κ2) is 6.06. The van der Waals surface area contributed by atoms with Crippen molar-refractivity contribution in [1.29, 1.82) is 0 Å². The van der Waals surface area contributed by atoms with Gasteiger partial charge in [-0.25, -0.2) is 4.98 Å². The third kappa shape index (κ3) is 3.05. The molecule has 0 saturated carbocycles. The molecule has 2 heterocycles. The fourth-order valence-corrected chi connectivity index (χ4v) is 3.16. The molecule has 0 radical (unpaired) electrons. The van der Waals surface area contributed by atoms with Gasteiger partial charge in [-0.2, -0.15) is 0 Å². The number of nitrogens with zero attached hydrogens (tertiary/aromatic N) is 3. The second-order valence-corrected chi connectivity index (χ2v) is 6.45. The van der Waals surface area contributed by atoms with Crippen LogP contribution in [0, 0.1) is 5.92 Å². The van der Waals surface area contributed by atoms with E-state index in [0.29, 0.717) is 6.04 Å². The molecule has 1 saturated heterocycles. The van der Waals surface area contributed by atoms with Gasteiger partial charge in [0.2, 0.25) is 5.95 Å². The van der Waals surface area contributed by atoms with E-state index < -0.39 is 0 Å². The third-order valence-electron chi connectivity index (χ3n) is 4.48. The summed E-state index contributed by atoms with van der Waals surface area (Å²) in [6.45, 7) is 7.81. The van der Waals surface area contributed by atoms with Gasteiger partial charge < -0.3 is 14.8 Å². The maximum atomic E-state index is 4.81. The highest BCUT2D eigenvalue weighted by Crippen LogP contribution is 2.25. The van der Waals surface area contributed by atoms with E-state index in [0.717, 1.165) is 37.0 Å². The van der Waals surface area contributed by atoms with E-state index in [1.807, 2.05) is 0 Å². The first-order valence-electron chi connectivity index (χ1n) is 8.05. The lowest BCUT2D eigenvalue weighted by Gasteiger charge is -2.33. The van der Waals surface area contributed by atoms with Crippen LogP contribution in [-0.2, 0) is 7.05 Å². The quantitative estimate of drug-likeness (QED) is 0.938. The van der Waals surface area contributed by atoms with E-state index >= 15 is 0 Å². The number of aryl methyl sites for hydroxylation is 1. The van der Waals surface area contributed by atoms with Crippen LogP contribution in [0.5, 0.6) is 0 Å². The Labute approximate surface area is 127 Å². The Hall–Kier alpha value is -1.55. The van der Waals surface area contributed by atoms with Crippen molar-refractivity contribution in [2.75, 3.05) is 24.5 Å². The van der Waals surface area contributed by atoms with E-state index in [2.05, 4.69) is 59.9 Å². The van der Waals surface area contributed by atoms with E-state index in [1.165, 1.54) is 18.4 Å². The minimum Gasteiger partial charge on any atom is -0.342 e. The van der Waals surface area contributed by atoms with Crippen LogP contribution >= 0.6 is 0 Å². The van der Waals surface area contributed by atoms with Gasteiger partial charge in [0.1, 0.15) is 0 Å². The van der Waals surface area contributed by atoms with Crippen molar-refractivity contribution in [3.8, 4) is 0 Å². The van der Waals surface area contributed by atoms with Gasteiger partial charge in [0, 0.05) is 26.2 Å². The first-order valence-corrected chi connectivity index (χ1v) is 8.05. The van der Waals surface area contributed by atoms with E-state index in [9.17, 15) is 0 Å². The molecule has 4 nitrogen and oxygen atoms in total. The number of aromatic nitrogens is 2. The van der Waals surface area contributed by atoms with Gasteiger partial charge in [-0.15, -0.1) is 0 Å². The number of benzene rings is 1. The second-order valence-electron chi connectivity index (χ2n) is 6.45. The van der Waals surface area contributed by atoms with Crippen LogP contribution < -0.4 is 10.2 Å². The van der Waals surface area contributed by atoms with Crippen LogP contribution in [0.15, 0.2) is 24.3 Å². The minimum atomic E-state index is 0.586. The smallest absolute Gasteiger partial charge is 0.206 e. The number of piperidine rings is 1. The molecule has 0 unspecified atom stereocenters. The van der Waals surface area contributed by atoms with E-state index in [-0.39, 0.29) is 0 Å². The normalized spacial score (nSPS) is 17.0. The van der Waals surface area contributed by atoms with Crippen LogP contribution in [0.3, 0.4) is 0 Å². The zero-order valence-corrected chi connectivity index (χ0v) is 13.3. The van der Waals surface area contributed by atoms with Gasteiger partial charge in [-0.1, -0.05) is 26.0 Å². The molecule has 1 aliphatic heterocycles. The first-order chi connectivity index (χ1) is 10.1. The summed E-state index contributed by atoms with van der Waals surface area (Å²) in [6, 6.07) is 8.96. The van der Waals surface area contributed by atoms with Crippen molar-refractivity contribution in [3.05, 3.63) is 24.3 Å². The molecule has 0 aliphatic carbocycles. The zero-order valence-electron chi connectivity index (χ0n) is 13.3. The molecule has 1 aromatic carbocycles. The molecule has 3 rings (SSSR count). The standard InChI is InChI=1S/C17H26N4/c1-13(2)18-12-14-8-10-21(11-9-14)17-19-15-6-4-5-7-16(15)20(17)3/h4-7,13-14,18H,8-12H2,1-3H3. The average molecular weight is 286 g/mol. The Kier molecular flexibility index (Phi) is 4.15. The van der Waals surface area contributed by atoms with Gasteiger partial charge in [0.05, 0.1) is 11.0 Å². The number of para-hydroxylation sites is 2. The lowest BCUT2D eigenvalue weighted by Crippen LogP contribution is -2.39. The van der Waals surface area contributed by atoms with E-state index in [1.54, 1.807) is 0 Å². The topological polar surface area (TPSA) is 33.1 Å². The maximum Gasteiger partial charge on any atom is 0.206 e. The van der Waals surface area contributed by atoms with Crippen molar-refractivity contribution in [2.45, 2.75) is 32.7 Å². The number of hydrogen-bond donors (Lipinski definition) is 1. The Balaban J connectivity index is 1.67. The van der Waals surface area contributed by atoms with Gasteiger partial charge >= 0.3 is 0 Å². The average Bonchev–Trinajstić information content (AvgIpc) is 2.83. The molecule has 0 amide bonds. The minimum absolute atomic E-state index is 0.586. The number of rotatable bonds is 4. The van der Waals surface area contributed by atoms with Gasteiger partial charge in [0.25, 0.3) is 0 Å². The predicted octanol–water partition coefficient (Wildman–Crippen LogP) is 2.79. The predicted molar refractivity (Wildman–Crippen MR) is 88.8 cm³/mol. The molecule has 0 bridgehead atoms. The summed E-state index contributed by atoms with van der Waals surface area (Å²) in [6.07, 6.45) is 2.51. The molecule has 1 fully saturated rings. The summed E-state index contributed by atoms with van der Waals surface area (Å²) < 4.78 is 2.22. The molecule has 0 atom stereocenters. The molecular weight excluding hydrogens is 260 g/mol. The Morgan fingerprint density at radius 1 is 1.24 bits per heavy atom. The molecule has 2 aromatic rings. The Morgan fingerprint density at radius 3 is 2.62 bits per heavy atom. The third-order valence-corrected chi connectivity index (χ3v) is 4.48. The van der Waals surface area contributed by atoms with Crippen molar-refractivity contribution in [2.24, 2.45) is 13.0 Å². The van der Waals surface area contributed by atoms with Crippen molar-refractivity contribution in [3.63, 3.8) is 0 Å². The maximum absolute atomic E-state index is 4.81. The van der Waals surface area contributed by atoms with Gasteiger partial charge in [-0.05, 0) is 37.4 Å². The summed E-state index contributed by atoms with van der Waals surface area (Å²) in [4.78, 5) is 7.24. The lowest BCUT2D eigenvalue weighted by molar-refractivity contribution is 0.368. The Morgan fingerprint density at radius 2 is 1.95 bits per heavy atom. The van der Waals surface area contributed by atoms with Crippen LogP contribution in [0.25, 0.3) is 11.0 Å². The molecule has 1 N–H and O–H groups in total. The number of imidazole rings is 1. The van der Waals surface area contributed by atoms with Crippen LogP contribution in [0.4, 0.5) is 5.95 Å². The Bertz CT molecular complexity index is 594. The first kappa shape index (κ1) is 14.4. The fraction of sp³-hybridized carbons (Fsp3) is 0.588. The van der Waals surface area contributed by atoms with Crippen molar-refractivity contribution < 1.29 is 0 Å². The highest BCUT2D eigenvalue weighted by atomic mass is 15.3. The summed E-state index contributed by atoms with van der Waals surface area (Å²) in [5.41, 5.74) is 2.31. The molecule has 1 aromatic heterocycles. The van der Waals surface area contributed by atoms with Gasteiger partial charge in [-0.3, -0.25) is 0 Å². The summed E-state index contributed by atoms with van der Waals surface area (Å²) in [5, 5.41) is 3.56. The summed E-state index contributed by atoms with van der Waals surface area (Å²) in [5.74, 6) is 1.92. The molecule has 4 heteroatoms. The number of anilines is 1. The molecule has 1 aliphatic rings. The van der Waals surface area contributed by atoms with E-state index in [4.69, 9.17) is 4.98 Å². The lowest BCUT2D eigenvalue weighted by atomic mass is 9.97. The number of nitrogens with one attached hydrogen (secondary N) is 1. The van der Waals surface area contributed by atoms with Crippen molar-refractivity contribution >= 4 is 17.0 Å². The van der Waals surface area contributed by atoms with Gasteiger partial charge in [0.15, 0.2) is 0 Å². The highest BCUT2D eigenvalue weighted by molar-refractivity contribution is 5.78. The highest BCUT2D eigenvalue weighted by Gasteiger charge is 2.22. The fourth-order valence-electron chi connectivity index (χ4n) is 3.16. The zero-order chi connectivity index (χ0) is 14.8. The largest absolute Gasteiger partial charge is 0.342 e. The van der Waals surface area contributed by atoms with Crippen LogP contribution in [0.2, 0.25) is 0 Å². The molecule has 21 heavy (non-hydrogen) atoms. The number of fused-ring (bicyclic) bond motifs is 1. The van der Waals surface area contributed by atoms with Crippen molar-refractivity contribution in [1.82, 2.24) is 14.9 Å². The number of hydrogen-bond acceptors (Lipinski definition) is 3. The molecule has 114 valence electrons.